The predicted molar refractivity (Wildman–Crippen MR) is 97.7 cm³/mol. The van der Waals surface area contributed by atoms with Gasteiger partial charge in [-0.25, -0.2) is 13.2 Å². The minimum atomic E-state index is -3.56. The number of carbonyl (C=O) groups is 1. The predicted octanol–water partition coefficient (Wildman–Crippen LogP) is 3.11. The molecular formula is C16H18ClN3O4S2. The van der Waals surface area contributed by atoms with E-state index in [-0.39, 0.29) is 23.1 Å². The molecule has 0 bridgehead atoms. The number of aromatic nitrogens is 2. The summed E-state index contributed by atoms with van der Waals surface area (Å²) >= 11 is 6.87. The molecule has 0 saturated carbocycles. The van der Waals surface area contributed by atoms with E-state index >= 15 is 0 Å². The third-order valence-corrected chi connectivity index (χ3v) is 7.30. The van der Waals surface area contributed by atoms with Crippen molar-refractivity contribution in [3.63, 3.8) is 0 Å². The van der Waals surface area contributed by atoms with Crippen LogP contribution in [0.5, 0.6) is 0 Å². The van der Waals surface area contributed by atoms with Crippen LogP contribution in [0.3, 0.4) is 0 Å². The van der Waals surface area contributed by atoms with Crippen LogP contribution in [0.15, 0.2) is 29.2 Å². The van der Waals surface area contributed by atoms with Crippen molar-refractivity contribution in [1.29, 1.82) is 0 Å². The lowest BCUT2D eigenvalue weighted by molar-refractivity contribution is 0.0468. The summed E-state index contributed by atoms with van der Waals surface area (Å²) in [5, 5.41) is 3.76. The Hall–Kier alpha value is -1.55. The van der Waals surface area contributed by atoms with Crippen molar-refractivity contribution in [1.82, 2.24) is 13.9 Å². The van der Waals surface area contributed by atoms with Gasteiger partial charge in [0.2, 0.25) is 10.0 Å². The topological polar surface area (TPSA) is 89.5 Å². The van der Waals surface area contributed by atoms with Crippen LogP contribution < -0.4 is 0 Å². The van der Waals surface area contributed by atoms with E-state index in [2.05, 4.69) is 9.59 Å². The molecule has 1 aliphatic heterocycles. The molecule has 1 aliphatic rings. The summed E-state index contributed by atoms with van der Waals surface area (Å²) in [5.74, 6) is -0.579. The van der Waals surface area contributed by atoms with Crippen LogP contribution in [-0.2, 0) is 21.4 Å². The summed E-state index contributed by atoms with van der Waals surface area (Å²) in [4.78, 5) is 12.3. The molecule has 10 heteroatoms. The monoisotopic (exact) mass is 415 g/mol. The van der Waals surface area contributed by atoms with Crippen molar-refractivity contribution in [3.8, 4) is 0 Å². The molecule has 1 atom stereocenters. The van der Waals surface area contributed by atoms with Crippen LogP contribution >= 0.6 is 23.1 Å². The zero-order valence-electron chi connectivity index (χ0n) is 14.1. The van der Waals surface area contributed by atoms with Crippen molar-refractivity contribution in [3.05, 3.63) is 39.9 Å². The van der Waals surface area contributed by atoms with E-state index < -0.39 is 16.0 Å². The maximum atomic E-state index is 12.8. The molecular weight excluding hydrogens is 398 g/mol. The number of ether oxygens (including phenoxy) is 1. The number of rotatable bonds is 5. The van der Waals surface area contributed by atoms with Crippen molar-refractivity contribution in [2.24, 2.45) is 0 Å². The molecule has 26 heavy (non-hydrogen) atoms. The molecule has 0 amide bonds. The van der Waals surface area contributed by atoms with Gasteiger partial charge in [-0.15, -0.1) is 5.10 Å². The lowest BCUT2D eigenvalue weighted by Crippen LogP contribution is -2.41. The SMILES string of the molecule is CC1CCCCN1S(=O)(=O)c1ccc(C(=O)OCc2nnsc2Cl)cc1. The first kappa shape index (κ1) is 19.2. The molecule has 3 rings (SSSR count). The van der Waals surface area contributed by atoms with Crippen molar-refractivity contribution < 1.29 is 17.9 Å². The first-order valence-corrected chi connectivity index (χ1v) is 10.7. The van der Waals surface area contributed by atoms with Gasteiger partial charge in [-0.2, -0.15) is 4.31 Å². The molecule has 140 valence electrons. The van der Waals surface area contributed by atoms with E-state index in [9.17, 15) is 13.2 Å². The Morgan fingerprint density at radius 1 is 1.35 bits per heavy atom. The first-order chi connectivity index (χ1) is 12.4. The first-order valence-electron chi connectivity index (χ1n) is 8.15. The Bertz CT molecular complexity index is 883. The number of carbonyl (C=O) groups excluding carboxylic acids is 1. The Labute approximate surface area is 161 Å². The van der Waals surface area contributed by atoms with Gasteiger partial charge in [-0.05, 0) is 44.0 Å². The second-order valence-corrected chi connectivity index (χ2v) is 9.30. The third kappa shape index (κ3) is 4.06. The lowest BCUT2D eigenvalue weighted by atomic mass is 10.1. The number of esters is 1. The van der Waals surface area contributed by atoms with Crippen molar-refractivity contribution >= 4 is 39.1 Å². The molecule has 0 N–H and O–H groups in total. The average molecular weight is 416 g/mol. The van der Waals surface area contributed by atoms with E-state index in [0.29, 0.717) is 16.6 Å². The van der Waals surface area contributed by atoms with Gasteiger partial charge in [0.25, 0.3) is 0 Å². The van der Waals surface area contributed by atoms with Crippen LogP contribution in [0.4, 0.5) is 0 Å². The molecule has 0 spiro atoms. The Balaban J connectivity index is 1.69. The zero-order valence-corrected chi connectivity index (χ0v) is 16.5. The summed E-state index contributed by atoms with van der Waals surface area (Å²) < 4.78 is 36.2. The van der Waals surface area contributed by atoms with Gasteiger partial charge in [-0.3, -0.25) is 0 Å². The normalized spacial score (nSPS) is 18.6. The smallest absolute Gasteiger partial charge is 0.338 e. The number of hydrogen-bond donors (Lipinski definition) is 0. The zero-order chi connectivity index (χ0) is 18.7. The van der Waals surface area contributed by atoms with Gasteiger partial charge in [0, 0.05) is 24.1 Å². The van der Waals surface area contributed by atoms with Crippen LogP contribution in [0.2, 0.25) is 4.34 Å². The third-order valence-electron chi connectivity index (χ3n) is 4.29. The van der Waals surface area contributed by atoms with Gasteiger partial charge in [0.15, 0.2) is 0 Å². The highest BCUT2D eigenvalue weighted by Crippen LogP contribution is 2.25. The number of benzene rings is 1. The quantitative estimate of drug-likeness (QED) is 0.697. The number of halogens is 1. The number of sulfonamides is 1. The second-order valence-electron chi connectivity index (χ2n) is 6.05. The minimum Gasteiger partial charge on any atom is -0.455 e. The number of hydrogen-bond acceptors (Lipinski definition) is 7. The van der Waals surface area contributed by atoms with Crippen LogP contribution in [0, 0.1) is 0 Å². The summed E-state index contributed by atoms with van der Waals surface area (Å²) in [6.45, 7) is 2.36. The molecule has 7 nitrogen and oxygen atoms in total. The molecule has 2 heterocycles. The van der Waals surface area contributed by atoms with E-state index in [1.807, 2.05) is 6.92 Å². The summed E-state index contributed by atoms with van der Waals surface area (Å²) in [6.07, 6.45) is 2.76. The summed E-state index contributed by atoms with van der Waals surface area (Å²) in [5.41, 5.74) is 0.651. The largest absolute Gasteiger partial charge is 0.455 e. The number of piperidine rings is 1. The van der Waals surface area contributed by atoms with Crippen molar-refractivity contribution in [2.45, 2.75) is 43.7 Å². The molecule has 1 fully saturated rings. The van der Waals surface area contributed by atoms with Gasteiger partial charge < -0.3 is 4.74 Å². The Morgan fingerprint density at radius 2 is 2.08 bits per heavy atom. The molecule has 1 saturated heterocycles. The Morgan fingerprint density at radius 3 is 2.69 bits per heavy atom. The molecule has 1 unspecified atom stereocenters. The molecule has 0 aliphatic carbocycles. The van der Waals surface area contributed by atoms with E-state index in [0.717, 1.165) is 30.8 Å². The summed E-state index contributed by atoms with van der Waals surface area (Å²) in [7, 11) is -3.56. The fourth-order valence-corrected chi connectivity index (χ4v) is 5.13. The molecule has 0 radical (unpaired) electrons. The number of nitrogens with zero attached hydrogens (tertiary/aromatic N) is 3. The molecule has 2 aromatic rings. The maximum Gasteiger partial charge on any atom is 0.338 e. The highest BCUT2D eigenvalue weighted by Gasteiger charge is 2.30. The van der Waals surface area contributed by atoms with Gasteiger partial charge >= 0.3 is 5.97 Å². The second kappa shape index (κ2) is 7.99. The lowest BCUT2D eigenvalue weighted by Gasteiger charge is -2.32. The minimum absolute atomic E-state index is 0.0186. The van der Waals surface area contributed by atoms with Gasteiger partial charge in [0.05, 0.1) is 10.5 Å². The average Bonchev–Trinajstić information content (AvgIpc) is 3.05. The van der Waals surface area contributed by atoms with E-state index in [1.54, 1.807) is 0 Å². The fourth-order valence-electron chi connectivity index (χ4n) is 2.83. The standard InChI is InChI=1S/C16H18ClN3O4S2/c1-11-4-2-3-9-20(11)26(22,23)13-7-5-12(6-8-13)16(21)24-10-14-15(17)25-19-18-14/h5-8,11H,2-4,9-10H2,1H3. The highest BCUT2D eigenvalue weighted by atomic mass is 35.5. The van der Waals surface area contributed by atoms with Gasteiger partial charge in [0.1, 0.15) is 16.6 Å². The van der Waals surface area contributed by atoms with Crippen LogP contribution in [-0.4, -0.2) is 40.9 Å². The Kier molecular flexibility index (Phi) is 5.91. The van der Waals surface area contributed by atoms with Crippen LogP contribution in [0.1, 0.15) is 42.2 Å². The maximum absolute atomic E-state index is 12.8. The van der Waals surface area contributed by atoms with Gasteiger partial charge in [-0.1, -0.05) is 22.5 Å². The molecule has 1 aromatic carbocycles. The summed E-state index contributed by atoms with van der Waals surface area (Å²) in [6, 6.07) is 5.75. The highest BCUT2D eigenvalue weighted by molar-refractivity contribution is 7.89. The fraction of sp³-hybridized carbons (Fsp3) is 0.438. The van der Waals surface area contributed by atoms with Crippen molar-refractivity contribution in [2.75, 3.05) is 6.54 Å². The van der Waals surface area contributed by atoms with Crippen LogP contribution in [0.25, 0.3) is 0 Å². The van der Waals surface area contributed by atoms with E-state index in [4.69, 9.17) is 16.3 Å². The van der Waals surface area contributed by atoms with E-state index in [1.165, 1.54) is 28.6 Å². The molecule has 1 aromatic heterocycles.